The van der Waals surface area contributed by atoms with Crippen LogP contribution in [-0.4, -0.2) is 42.1 Å². The fraction of sp³-hybridized carbons (Fsp3) is 0.292. The zero-order valence-corrected chi connectivity index (χ0v) is 17.2. The van der Waals surface area contributed by atoms with Crippen molar-refractivity contribution in [3.8, 4) is 0 Å². The molecule has 0 fully saturated rings. The number of carbonyl (C=O) groups excluding carboxylic acids is 3. The van der Waals surface area contributed by atoms with Gasteiger partial charge in [-0.3, -0.25) is 9.59 Å². The van der Waals surface area contributed by atoms with Crippen LogP contribution in [0.3, 0.4) is 0 Å². The lowest BCUT2D eigenvalue weighted by Crippen LogP contribution is -2.30. The summed E-state index contributed by atoms with van der Waals surface area (Å²) in [5, 5.41) is 0. The van der Waals surface area contributed by atoms with Crippen molar-refractivity contribution < 1.29 is 19.1 Å². The van der Waals surface area contributed by atoms with Crippen LogP contribution in [0, 0.1) is 0 Å². The largest absolute Gasteiger partial charge is 0.462 e. The molecule has 0 unspecified atom stereocenters. The van der Waals surface area contributed by atoms with Crippen LogP contribution < -0.4 is 0 Å². The minimum absolute atomic E-state index is 0.0571. The fourth-order valence-electron chi connectivity index (χ4n) is 3.12. The fourth-order valence-corrected chi connectivity index (χ4v) is 3.12. The Morgan fingerprint density at radius 3 is 1.79 bits per heavy atom. The van der Waals surface area contributed by atoms with E-state index in [9.17, 15) is 14.4 Å². The maximum atomic E-state index is 13.3. The molecule has 29 heavy (non-hydrogen) atoms. The van der Waals surface area contributed by atoms with Crippen molar-refractivity contribution in [2.45, 2.75) is 27.2 Å². The Morgan fingerprint density at radius 2 is 1.31 bits per heavy atom. The van der Waals surface area contributed by atoms with Crippen LogP contribution in [0.2, 0.25) is 0 Å². The maximum Gasteiger partial charge on any atom is 0.343 e. The standard InChI is InChI=1S/C24H27NO4/c1-4-25(5-2)20(17-21(26)18-13-9-7-10-14-18)22(24(28)29-6-3)23(27)19-15-11-8-12-16-19/h7-16H,4-6,17H2,1-3H3/b22-20+. The van der Waals surface area contributed by atoms with Gasteiger partial charge in [-0.1, -0.05) is 60.7 Å². The Balaban J connectivity index is 2.60. The van der Waals surface area contributed by atoms with Crippen molar-refractivity contribution in [1.29, 1.82) is 0 Å². The van der Waals surface area contributed by atoms with Gasteiger partial charge in [0.25, 0.3) is 0 Å². The van der Waals surface area contributed by atoms with Gasteiger partial charge in [0.1, 0.15) is 5.57 Å². The SMILES string of the molecule is CCOC(=O)/C(C(=O)c1ccccc1)=C(\CC(=O)c1ccccc1)N(CC)CC. The van der Waals surface area contributed by atoms with Crippen LogP contribution in [0.1, 0.15) is 47.9 Å². The highest BCUT2D eigenvalue weighted by Crippen LogP contribution is 2.22. The first-order valence-corrected chi connectivity index (χ1v) is 9.86. The third-order valence-electron chi connectivity index (χ3n) is 4.60. The monoisotopic (exact) mass is 393 g/mol. The Bertz CT molecular complexity index is 868. The molecule has 0 amide bonds. The highest BCUT2D eigenvalue weighted by atomic mass is 16.5. The van der Waals surface area contributed by atoms with E-state index in [1.54, 1.807) is 61.5 Å². The molecule has 0 N–H and O–H groups in total. The Kier molecular flexibility index (Phi) is 8.34. The van der Waals surface area contributed by atoms with Gasteiger partial charge in [0.05, 0.1) is 13.0 Å². The quantitative estimate of drug-likeness (QED) is 0.198. The number of hydrogen-bond acceptors (Lipinski definition) is 5. The van der Waals surface area contributed by atoms with E-state index in [0.29, 0.717) is 29.9 Å². The summed E-state index contributed by atoms with van der Waals surface area (Å²) in [5.41, 5.74) is 1.24. The van der Waals surface area contributed by atoms with Crippen LogP contribution in [0.5, 0.6) is 0 Å². The number of hydrogen-bond donors (Lipinski definition) is 0. The predicted molar refractivity (Wildman–Crippen MR) is 113 cm³/mol. The third kappa shape index (κ3) is 5.64. The first kappa shape index (κ1) is 22.1. The average Bonchev–Trinajstić information content (AvgIpc) is 2.76. The zero-order chi connectivity index (χ0) is 21.2. The van der Waals surface area contributed by atoms with Gasteiger partial charge >= 0.3 is 5.97 Å². The molecule has 0 aliphatic carbocycles. The first-order valence-electron chi connectivity index (χ1n) is 9.86. The van der Waals surface area contributed by atoms with Crippen molar-refractivity contribution in [3.05, 3.63) is 83.1 Å². The van der Waals surface area contributed by atoms with Crippen molar-refractivity contribution in [2.75, 3.05) is 19.7 Å². The van der Waals surface area contributed by atoms with E-state index in [4.69, 9.17) is 4.74 Å². The van der Waals surface area contributed by atoms with Crippen LogP contribution in [0.25, 0.3) is 0 Å². The maximum absolute atomic E-state index is 13.3. The van der Waals surface area contributed by atoms with E-state index in [1.165, 1.54) is 0 Å². The van der Waals surface area contributed by atoms with Crippen molar-refractivity contribution in [3.63, 3.8) is 0 Å². The molecule has 0 heterocycles. The molecular formula is C24H27NO4. The molecule has 5 nitrogen and oxygen atoms in total. The Labute approximate surface area is 172 Å². The molecule has 0 atom stereocenters. The van der Waals surface area contributed by atoms with E-state index in [1.807, 2.05) is 24.8 Å². The van der Waals surface area contributed by atoms with E-state index in [2.05, 4.69) is 0 Å². The second-order valence-electron chi connectivity index (χ2n) is 6.38. The topological polar surface area (TPSA) is 63.7 Å². The number of esters is 1. The number of benzene rings is 2. The molecular weight excluding hydrogens is 366 g/mol. The summed E-state index contributed by atoms with van der Waals surface area (Å²) >= 11 is 0. The normalized spacial score (nSPS) is 11.4. The molecule has 2 aromatic rings. The second-order valence-corrected chi connectivity index (χ2v) is 6.38. The van der Waals surface area contributed by atoms with Crippen molar-refractivity contribution in [1.82, 2.24) is 4.90 Å². The van der Waals surface area contributed by atoms with Gasteiger partial charge < -0.3 is 9.64 Å². The lowest BCUT2D eigenvalue weighted by molar-refractivity contribution is -0.138. The van der Waals surface area contributed by atoms with Gasteiger partial charge in [0.2, 0.25) is 5.78 Å². The predicted octanol–water partition coefficient (Wildman–Crippen LogP) is 4.30. The van der Waals surface area contributed by atoms with Crippen molar-refractivity contribution >= 4 is 17.5 Å². The first-order chi connectivity index (χ1) is 14.0. The molecule has 0 saturated heterocycles. The van der Waals surface area contributed by atoms with E-state index >= 15 is 0 Å². The summed E-state index contributed by atoms with van der Waals surface area (Å²) < 4.78 is 5.20. The highest BCUT2D eigenvalue weighted by molar-refractivity contribution is 6.25. The Hall–Kier alpha value is -3.21. The number of ether oxygens (including phenoxy) is 1. The van der Waals surface area contributed by atoms with Crippen LogP contribution >= 0.6 is 0 Å². The van der Waals surface area contributed by atoms with Crippen molar-refractivity contribution in [2.24, 2.45) is 0 Å². The average molecular weight is 393 g/mol. The van der Waals surface area contributed by atoms with Gasteiger partial charge in [-0.05, 0) is 20.8 Å². The molecule has 0 radical (unpaired) electrons. The lowest BCUT2D eigenvalue weighted by atomic mass is 9.96. The molecule has 0 aliphatic rings. The van der Waals surface area contributed by atoms with Crippen LogP contribution in [0.15, 0.2) is 71.9 Å². The van der Waals surface area contributed by atoms with Gasteiger partial charge in [-0.2, -0.15) is 0 Å². The third-order valence-corrected chi connectivity index (χ3v) is 4.60. The number of rotatable bonds is 10. The van der Waals surface area contributed by atoms with Gasteiger partial charge in [-0.15, -0.1) is 0 Å². The van der Waals surface area contributed by atoms with E-state index < -0.39 is 11.8 Å². The van der Waals surface area contributed by atoms with Gasteiger partial charge in [-0.25, -0.2) is 4.79 Å². The lowest BCUT2D eigenvalue weighted by Gasteiger charge is -2.26. The molecule has 2 rings (SSSR count). The second kappa shape index (κ2) is 11.0. The Morgan fingerprint density at radius 1 is 0.793 bits per heavy atom. The summed E-state index contributed by atoms with van der Waals surface area (Å²) in [6, 6.07) is 17.4. The summed E-state index contributed by atoms with van der Waals surface area (Å²) in [7, 11) is 0. The molecule has 0 aliphatic heterocycles. The molecule has 152 valence electrons. The summed E-state index contributed by atoms with van der Waals surface area (Å²) in [4.78, 5) is 40.9. The summed E-state index contributed by atoms with van der Waals surface area (Å²) in [5.74, 6) is -1.30. The minimum Gasteiger partial charge on any atom is -0.462 e. The minimum atomic E-state index is -0.705. The van der Waals surface area contributed by atoms with Gasteiger partial charge in [0.15, 0.2) is 5.78 Å². The highest BCUT2D eigenvalue weighted by Gasteiger charge is 2.29. The smallest absolute Gasteiger partial charge is 0.343 e. The molecule has 5 heteroatoms. The summed E-state index contributed by atoms with van der Waals surface area (Å²) in [6.07, 6.45) is -0.0571. The zero-order valence-electron chi connectivity index (χ0n) is 17.2. The van der Waals surface area contributed by atoms with Crippen LogP contribution in [-0.2, 0) is 9.53 Å². The number of ketones is 2. The number of carbonyl (C=O) groups is 3. The molecule has 0 aromatic heterocycles. The number of nitrogens with zero attached hydrogens (tertiary/aromatic N) is 1. The van der Waals surface area contributed by atoms with Crippen LogP contribution in [0.4, 0.5) is 0 Å². The molecule has 0 saturated carbocycles. The number of allylic oxidation sites excluding steroid dienone is 1. The number of Topliss-reactive ketones (excluding diaryl/α,β-unsaturated/α-hetero) is 2. The van der Waals surface area contributed by atoms with E-state index in [0.717, 1.165) is 0 Å². The van der Waals surface area contributed by atoms with E-state index in [-0.39, 0.29) is 24.4 Å². The molecule has 0 bridgehead atoms. The molecule has 0 spiro atoms. The molecule has 2 aromatic carbocycles. The van der Waals surface area contributed by atoms with Gasteiger partial charge in [0, 0.05) is 29.9 Å². The summed E-state index contributed by atoms with van der Waals surface area (Å²) in [6.45, 7) is 6.79.